The van der Waals surface area contributed by atoms with Crippen LogP contribution in [-0.2, 0) is 19.6 Å². The summed E-state index contributed by atoms with van der Waals surface area (Å²) < 4.78 is 37.0. The number of benzene rings is 2. The topological polar surface area (TPSA) is 90.0 Å². The van der Waals surface area contributed by atoms with Crippen LogP contribution in [0, 0.1) is 5.92 Å². The van der Waals surface area contributed by atoms with Gasteiger partial charge < -0.3 is 9.47 Å². The van der Waals surface area contributed by atoms with Gasteiger partial charge in [-0.15, -0.1) is 0 Å². The molecular weight excluding hydrogens is 453 g/mol. The van der Waals surface area contributed by atoms with Crippen LogP contribution in [0.4, 0.5) is 0 Å². The third kappa shape index (κ3) is 4.95. The van der Waals surface area contributed by atoms with Gasteiger partial charge in [-0.3, -0.25) is 4.79 Å². The smallest absolute Gasteiger partial charge is 0.337 e. The predicted molar refractivity (Wildman–Crippen MR) is 111 cm³/mol. The van der Waals surface area contributed by atoms with Crippen LogP contribution in [0.25, 0.3) is 0 Å². The van der Waals surface area contributed by atoms with Crippen molar-refractivity contribution in [2.75, 3.05) is 20.2 Å². The number of ether oxygens (including phenoxy) is 2. The standard InChI is InChI=1S/C20H19Cl2NO6S/c1-28-19(24)13-2-5-16(6-3-13)29-20(25)14-8-10-23(11-9-14)30(26,27)18-12-15(21)4-7-17(18)22/h2-7,12,14H,8-11H2,1H3. The Morgan fingerprint density at radius 3 is 2.27 bits per heavy atom. The summed E-state index contributed by atoms with van der Waals surface area (Å²) in [6.07, 6.45) is 0.632. The number of piperidine rings is 1. The van der Waals surface area contributed by atoms with E-state index >= 15 is 0 Å². The molecule has 0 N–H and O–H groups in total. The molecular formula is C20H19Cl2NO6S. The second-order valence-corrected chi connectivity index (χ2v) is 9.44. The van der Waals surface area contributed by atoms with Gasteiger partial charge >= 0.3 is 11.9 Å². The fourth-order valence-electron chi connectivity index (χ4n) is 3.12. The molecule has 0 amide bonds. The zero-order valence-electron chi connectivity index (χ0n) is 16.0. The van der Waals surface area contributed by atoms with Crippen molar-refractivity contribution in [3.63, 3.8) is 0 Å². The second kappa shape index (κ2) is 9.34. The maximum Gasteiger partial charge on any atom is 0.337 e. The number of sulfonamides is 1. The predicted octanol–water partition coefficient (Wildman–Crippen LogP) is 3.79. The molecule has 0 spiro atoms. The third-order valence-corrected chi connectivity index (χ3v) is 7.41. The minimum absolute atomic E-state index is 0.0524. The van der Waals surface area contributed by atoms with Crippen LogP contribution in [0.3, 0.4) is 0 Å². The van der Waals surface area contributed by atoms with Crippen LogP contribution < -0.4 is 4.74 Å². The maximum atomic E-state index is 12.9. The molecule has 1 aliphatic heterocycles. The van der Waals surface area contributed by atoms with E-state index in [-0.39, 0.29) is 28.0 Å². The van der Waals surface area contributed by atoms with Crippen LogP contribution in [0.15, 0.2) is 47.4 Å². The minimum atomic E-state index is -3.82. The van der Waals surface area contributed by atoms with Crippen molar-refractivity contribution in [3.8, 4) is 5.75 Å². The van der Waals surface area contributed by atoms with E-state index in [4.69, 9.17) is 27.9 Å². The Kier molecular flexibility index (Phi) is 7.02. The first-order valence-corrected chi connectivity index (χ1v) is 11.3. The number of hydrogen-bond donors (Lipinski definition) is 0. The van der Waals surface area contributed by atoms with Gasteiger partial charge in [-0.25, -0.2) is 13.2 Å². The van der Waals surface area contributed by atoms with E-state index in [0.717, 1.165) is 0 Å². The van der Waals surface area contributed by atoms with Crippen molar-refractivity contribution >= 4 is 45.2 Å². The lowest BCUT2D eigenvalue weighted by Crippen LogP contribution is -2.41. The molecule has 1 saturated heterocycles. The van der Waals surface area contributed by atoms with Gasteiger partial charge in [0.25, 0.3) is 0 Å². The number of hydrogen-bond acceptors (Lipinski definition) is 6. The first-order chi connectivity index (χ1) is 14.2. The first-order valence-electron chi connectivity index (χ1n) is 9.07. The lowest BCUT2D eigenvalue weighted by Gasteiger charge is -2.30. The second-order valence-electron chi connectivity index (χ2n) is 6.69. The normalized spacial score (nSPS) is 15.6. The number of halogens is 2. The molecule has 1 heterocycles. The highest BCUT2D eigenvalue weighted by Gasteiger charge is 2.34. The van der Waals surface area contributed by atoms with Crippen molar-refractivity contribution in [2.24, 2.45) is 5.92 Å². The molecule has 1 aliphatic rings. The lowest BCUT2D eigenvalue weighted by atomic mass is 9.98. The highest BCUT2D eigenvalue weighted by molar-refractivity contribution is 7.89. The third-order valence-electron chi connectivity index (χ3n) is 4.79. The van der Waals surface area contributed by atoms with Crippen molar-refractivity contribution in [1.29, 1.82) is 0 Å². The molecule has 0 aromatic heterocycles. The number of carbonyl (C=O) groups excluding carboxylic acids is 2. The van der Waals surface area contributed by atoms with E-state index < -0.39 is 27.9 Å². The summed E-state index contributed by atoms with van der Waals surface area (Å²) in [6, 6.07) is 10.3. The fraction of sp³-hybridized carbons (Fsp3) is 0.300. The summed E-state index contributed by atoms with van der Waals surface area (Å²) >= 11 is 12.0. The van der Waals surface area contributed by atoms with Gasteiger partial charge in [-0.2, -0.15) is 4.31 Å². The average molecular weight is 472 g/mol. The summed E-state index contributed by atoms with van der Waals surface area (Å²) in [5, 5.41) is 0.367. The molecule has 0 unspecified atom stereocenters. The molecule has 0 aliphatic carbocycles. The molecule has 0 saturated carbocycles. The van der Waals surface area contributed by atoms with Gasteiger partial charge in [-0.05, 0) is 55.3 Å². The van der Waals surface area contributed by atoms with Crippen LogP contribution in [-0.4, -0.2) is 44.9 Å². The van der Waals surface area contributed by atoms with Crippen molar-refractivity contribution < 1.29 is 27.5 Å². The highest BCUT2D eigenvalue weighted by Crippen LogP contribution is 2.30. The zero-order chi connectivity index (χ0) is 21.9. The van der Waals surface area contributed by atoms with E-state index in [2.05, 4.69) is 4.74 Å². The molecule has 30 heavy (non-hydrogen) atoms. The van der Waals surface area contributed by atoms with Gasteiger partial charge in [0.15, 0.2) is 0 Å². The van der Waals surface area contributed by atoms with Crippen LogP contribution in [0.1, 0.15) is 23.2 Å². The van der Waals surface area contributed by atoms with Gasteiger partial charge in [0.2, 0.25) is 10.0 Å². The van der Waals surface area contributed by atoms with Gasteiger partial charge in [0.1, 0.15) is 10.6 Å². The molecule has 7 nitrogen and oxygen atoms in total. The average Bonchev–Trinajstić information content (AvgIpc) is 2.75. The van der Waals surface area contributed by atoms with E-state index in [1.54, 1.807) is 0 Å². The van der Waals surface area contributed by atoms with Gasteiger partial charge in [0, 0.05) is 18.1 Å². The van der Waals surface area contributed by atoms with Gasteiger partial charge in [0.05, 0.1) is 23.6 Å². The number of esters is 2. The first kappa shape index (κ1) is 22.6. The Bertz CT molecular complexity index is 1050. The van der Waals surface area contributed by atoms with E-state index in [0.29, 0.717) is 24.2 Å². The minimum Gasteiger partial charge on any atom is -0.465 e. The van der Waals surface area contributed by atoms with Crippen molar-refractivity contribution in [1.82, 2.24) is 4.31 Å². The molecule has 0 bridgehead atoms. The summed E-state index contributed by atoms with van der Waals surface area (Å²) in [5.41, 5.74) is 0.343. The van der Waals surface area contributed by atoms with E-state index in [1.165, 1.54) is 53.9 Å². The summed E-state index contributed by atoms with van der Waals surface area (Å²) in [5.74, 6) is -1.07. The Labute approximate surface area is 184 Å². The molecule has 2 aromatic rings. The molecule has 0 atom stereocenters. The van der Waals surface area contributed by atoms with Crippen LogP contribution in [0.2, 0.25) is 10.0 Å². The number of methoxy groups -OCH3 is 1. The molecule has 160 valence electrons. The lowest BCUT2D eigenvalue weighted by molar-refractivity contribution is -0.140. The van der Waals surface area contributed by atoms with Crippen LogP contribution in [0.5, 0.6) is 5.75 Å². The zero-order valence-corrected chi connectivity index (χ0v) is 18.3. The molecule has 2 aromatic carbocycles. The van der Waals surface area contributed by atoms with E-state index in [9.17, 15) is 18.0 Å². The molecule has 10 heteroatoms. The summed E-state index contributed by atoms with van der Waals surface area (Å²) in [6.45, 7) is 0.318. The van der Waals surface area contributed by atoms with E-state index in [1.807, 2.05) is 0 Å². The maximum absolute atomic E-state index is 12.9. The number of carbonyl (C=O) groups is 2. The molecule has 1 fully saturated rings. The Hall–Kier alpha value is -2.13. The quantitative estimate of drug-likeness (QED) is 0.486. The Balaban J connectivity index is 1.61. The molecule has 0 radical (unpaired) electrons. The largest absolute Gasteiger partial charge is 0.465 e. The van der Waals surface area contributed by atoms with Crippen LogP contribution >= 0.6 is 23.2 Å². The number of nitrogens with zero attached hydrogens (tertiary/aromatic N) is 1. The highest BCUT2D eigenvalue weighted by atomic mass is 35.5. The molecule has 3 rings (SSSR count). The summed E-state index contributed by atoms with van der Waals surface area (Å²) in [7, 11) is -2.54. The monoisotopic (exact) mass is 471 g/mol. The Morgan fingerprint density at radius 1 is 1.03 bits per heavy atom. The van der Waals surface area contributed by atoms with Crippen molar-refractivity contribution in [2.45, 2.75) is 17.7 Å². The van der Waals surface area contributed by atoms with Gasteiger partial charge in [-0.1, -0.05) is 23.2 Å². The number of rotatable bonds is 5. The van der Waals surface area contributed by atoms with Crippen molar-refractivity contribution in [3.05, 3.63) is 58.1 Å². The Morgan fingerprint density at radius 2 is 1.67 bits per heavy atom. The fourth-order valence-corrected chi connectivity index (χ4v) is 5.33. The SMILES string of the molecule is COC(=O)c1ccc(OC(=O)C2CCN(S(=O)(=O)c3cc(Cl)ccc3Cl)CC2)cc1. The summed E-state index contributed by atoms with van der Waals surface area (Å²) in [4.78, 5) is 23.8.